The molecule has 2 rings (SSSR count). The lowest BCUT2D eigenvalue weighted by molar-refractivity contribution is -0.121. The van der Waals surface area contributed by atoms with Crippen molar-refractivity contribution in [2.24, 2.45) is 0 Å². The summed E-state index contributed by atoms with van der Waals surface area (Å²) in [6.07, 6.45) is 2.19. The minimum absolute atomic E-state index is 0.0382. The molecule has 2 N–H and O–H groups in total. The number of likely N-dealkylation sites (N-methyl/N-ethyl adjacent to an activating group) is 2. The van der Waals surface area contributed by atoms with E-state index in [-0.39, 0.29) is 24.2 Å². The largest absolute Gasteiger partial charge is 0.355 e. The van der Waals surface area contributed by atoms with Crippen molar-refractivity contribution in [1.82, 2.24) is 25.4 Å². The van der Waals surface area contributed by atoms with E-state index in [0.717, 1.165) is 18.7 Å². The molecule has 0 bridgehead atoms. The molecule has 19 heavy (non-hydrogen) atoms. The quantitative estimate of drug-likeness (QED) is 0.773. The van der Waals surface area contributed by atoms with Gasteiger partial charge in [0.2, 0.25) is 11.7 Å². The second-order valence-electron chi connectivity index (χ2n) is 4.59. The molecule has 0 aromatic carbocycles. The van der Waals surface area contributed by atoms with Crippen molar-refractivity contribution in [3.05, 3.63) is 11.6 Å². The van der Waals surface area contributed by atoms with Crippen molar-refractivity contribution in [3.8, 4) is 0 Å². The number of aromatic amines is 1. The maximum absolute atomic E-state index is 12.2. The first-order valence-corrected chi connectivity index (χ1v) is 6.64. The Morgan fingerprint density at radius 2 is 2.16 bits per heavy atom. The minimum Gasteiger partial charge on any atom is -0.355 e. The predicted molar refractivity (Wildman–Crippen MR) is 68.6 cm³/mol. The Morgan fingerprint density at radius 3 is 2.74 bits per heavy atom. The number of aromatic nitrogens is 3. The molecular formula is C12H19N5O2. The normalized spacial score (nSPS) is 14.2. The molecule has 7 nitrogen and oxygen atoms in total. The van der Waals surface area contributed by atoms with E-state index < -0.39 is 0 Å². The molecule has 1 aliphatic carbocycles. The molecule has 0 spiro atoms. The molecule has 1 aromatic heterocycles. The summed E-state index contributed by atoms with van der Waals surface area (Å²) in [5.74, 6) is 0.866. The van der Waals surface area contributed by atoms with Crippen LogP contribution in [-0.4, -0.2) is 51.5 Å². The lowest BCUT2D eigenvalue weighted by Crippen LogP contribution is -2.40. The van der Waals surface area contributed by atoms with Crippen LogP contribution in [0.4, 0.5) is 0 Å². The maximum Gasteiger partial charge on any atom is 0.293 e. The lowest BCUT2D eigenvalue weighted by Gasteiger charge is -2.18. The summed E-state index contributed by atoms with van der Waals surface area (Å²) in [7, 11) is 0. The molecule has 1 aliphatic rings. The van der Waals surface area contributed by atoms with Crippen LogP contribution in [0.25, 0.3) is 0 Å². The lowest BCUT2D eigenvalue weighted by atomic mass is 10.4. The van der Waals surface area contributed by atoms with Gasteiger partial charge in [-0.05, 0) is 26.7 Å². The van der Waals surface area contributed by atoms with Gasteiger partial charge in [-0.1, -0.05) is 0 Å². The molecule has 7 heteroatoms. The highest BCUT2D eigenvalue weighted by atomic mass is 16.2. The third-order valence-electron chi connectivity index (χ3n) is 3.04. The van der Waals surface area contributed by atoms with E-state index in [9.17, 15) is 9.59 Å². The van der Waals surface area contributed by atoms with E-state index in [1.165, 1.54) is 4.90 Å². The number of hydrogen-bond acceptors (Lipinski definition) is 4. The van der Waals surface area contributed by atoms with Crippen LogP contribution >= 0.6 is 0 Å². The first-order chi connectivity index (χ1) is 9.15. The molecule has 0 atom stereocenters. The number of nitrogens with one attached hydrogen (secondary N) is 2. The van der Waals surface area contributed by atoms with Crippen molar-refractivity contribution in [2.75, 3.05) is 19.6 Å². The van der Waals surface area contributed by atoms with E-state index in [4.69, 9.17) is 0 Å². The zero-order chi connectivity index (χ0) is 13.8. The third-order valence-corrected chi connectivity index (χ3v) is 3.04. The summed E-state index contributed by atoms with van der Waals surface area (Å²) in [5, 5.41) is 9.41. The Morgan fingerprint density at radius 1 is 1.42 bits per heavy atom. The highest BCUT2D eigenvalue weighted by molar-refractivity contribution is 5.93. The first-order valence-electron chi connectivity index (χ1n) is 6.64. The second kappa shape index (κ2) is 5.81. The SMILES string of the molecule is CCNC(=O)CN(CC)C(=O)c1n[nH]c(C2CC2)n1. The summed E-state index contributed by atoms with van der Waals surface area (Å²) in [5.41, 5.74) is 0. The number of carbonyl (C=O) groups is 2. The van der Waals surface area contributed by atoms with Crippen LogP contribution in [0.2, 0.25) is 0 Å². The Labute approximate surface area is 111 Å². The number of carbonyl (C=O) groups excluding carboxylic acids is 2. The molecule has 1 fully saturated rings. The fourth-order valence-electron chi connectivity index (χ4n) is 1.80. The van der Waals surface area contributed by atoms with Gasteiger partial charge in [-0.2, -0.15) is 0 Å². The van der Waals surface area contributed by atoms with E-state index in [1.807, 2.05) is 13.8 Å². The standard InChI is InChI=1S/C12H19N5O2/c1-3-13-9(18)7-17(4-2)12(19)11-14-10(15-16-11)8-5-6-8/h8H,3-7H2,1-2H3,(H,13,18)(H,14,15,16). The van der Waals surface area contributed by atoms with Gasteiger partial charge in [0, 0.05) is 19.0 Å². The number of rotatable bonds is 6. The van der Waals surface area contributed by atoms with Gasteiger partial charge in [0.05, 0.1) is 6.54 Å². The van der Waals surface area contributed by atoms with Gasteiger partial charge in [0.1, 0.15) is 5.82 Å². The van der Waals surface area contributed by atoms with Gasteiger partial charge < -0.3 is 10.2 Å². The van der Waals surface area contributed by atoms with Crippen molar-refractivity contribution in [3.63, 3.8) is 0 Å². The van der Waals surface area contributed by atoms with Crippen molar-refractivity contribution in [1.29, 1.82) is 0 Å². The van der Waals surface area contributed by atoms with Crippen molar-refractivity contribution < 1.29 is 9.59 Å². The summed E-state index contributed by atoms with van der Waals surface area (Å²) in [6.45, 7) is 4.70. The Bertz CT molecular complexity index is 466. The summed E-state index contributed by atoms with van der Waals surface area (Å²) >= 11 is 0. The van der Waals surface area contributed by atoms with Crippen LogP contribution in [0, 0.1) is 0 Å². The van der Waals surface area contributed by atoms with Gasteiger partial charge in [-0.25, -0.2) is 4.98 Å². The molecule has 2 amide bonds. The van der Waals surface area contributed by atoms with Crippen molar-refractivity contribution >= 4 is 11.8 Å². The Hall–Kier alpha value is -1.92. The highest BCUT2D eigenvalue weighted by Gasteiger charge is 2.29. The van der Waals surface area contributed by atoms with Crippen LogP contribution in [0.1, 0.15) is 49.1 Å². The fourth-order valence-corrected chi connectivity index (χ4v) is 1.80. The molecule has 0 radical (unpaired) electrons. The van der Waals surface area contributed by atoms with E-state index in [2.05, 4.69) is 20.5 Å². The van der Waals surface area contributed by atoms with E-state index in [0.29, 0.717) is 19.0 Å². The summed E-state index contributed by atoms with van der Waals surface area (Å²) in [4.78, 5) is 29.3. The Balaban J connectivity index is 2.00. The molecule has 104 valence electrons. The zero-order valence-corrected chi connectivity index (χ0v) is 11.3. The summed E-state index contributed by atoms with van der Waals surface area (Å²) < 4.78 is 0. The van der Waals surface area contributed by atoms with Gasteiger partial charge in [-0.3, -0.25) is 14.7 Å². The average molecular weight is 265 g/mol. The zero-order valence-electron chi connectivity index (χ0n) is 11.3. The fraction of sp³-hybridized carbons (Fsp3) is 0.667. The maximum atomic E-state index is 12.2. The predicted octanol–water partition coefficient (Wildman–Crippen LogP) is 0.280. The van der Waals surface area contributed by atoms with Crippen LogP contribution < -0.4 is 5.32 Å². The summed E-state index contributed by atoms with van der Waals surface area (Å²) in [6, 6.07) is 0. The number of hydrogen-bond donors (Lipinski definition) is 2. The number of amides is 2. The van der Waals surface area contributed by atoms with Crippen LogP contribution in [0.5, 0.6) is 0 Å². The van der Waals surface area contributed by atoms with Gasteiger partial charge in [0.15, 0.2) is 0 Å². The van der Waals surface area contributed by atoms with Crippen LogP contribution in [-0.2, 0) is 4.79 Å². The third kappa shape index (κ3) is 3.30. The van der Waals surface area contributed by atoms with Gasteiger partial charge in [0.25, 0.3) is 5.91 Å². The minimum atomic E-state index is -0.308. The van der Waals surface area contributed by atoms with Crippen molar-refractivity contribution in [2.45, 2.75) is 32.6 Å². The van der Waals surface area contributed by atoms with Gasteiger partial charge >= 0.3 is 0 Å². The second-order valence-corrected chi connectivity index (χ2v) is 4.59. The van der Waals surface area contributed by atoms with E-state index in [1.54, 1.807) is 0 Å². The molecule has 1 heterocycles. The molecule has 0 saturated heterocycles. The van der Waals surface area contributed by atoms with E-state index >= 15 is 0 Å². The Kier molecular flexibility index (Phi) is 4.13. The average Bonchev–Trinajstić information content (AvgIpc) is 3.13. The first kappa shape index (κ1) is 13.5. The van der Waals surface area contributed by atoms with Gasteiger partial charge in [-0.15, -0.1) is 5.10 Å². The topological polar surface area (TPSA) is 91.0 Å². The smallest absolute Gasteiger partial charge is 0.293 e. The molecule has 0 aliphatic heterocycles. The number of nitrogens with zero attached hydrogens (tertiary/aromatic N) is 3. The molecule has 1 aromatic rings. The monoisotopic (exact) mass is 265 g/mol. The van der Waals surface area contributed by atoms with Crippen LogP contribution in [0.3, 0.4) is 0 Å². The molecular weight excluding hydrogens is 246 g/mol. The highest BCUT2D eigenvalue weighted by Crippen LogP contribution is 2.37. The molecule has 1 saturated carbocycles. The van der Waals surface area contributed by atoms with Crippen LogP contribution in [0.15, 0.2) is 0 Å². The molecule has 0 unspecified atom stereocenters. The number of H-pyrrole nitrogens is 1.